The van der Waals surface area contributed by atoms with Crippen LogP contribution in [0.15, 0.2) is 75.0 Å². The Kier molecular flexibility index (Phi) is 6.20. The summed E-state index contributed by atoms with van der Waals surface area (Å²) in [6, 6.07) is 14.9. The van der Waals surface area contributed by atoms with E-state index in [1.54, 1.807) is 11.1 Å². The zero-order chi connectivity index (χ0) is 20.1. The van der Waals surface area contributed by atoms with Gasteiger partial charge in [-0.2, -0.15) is 0 Å². The quantitative estimate of drug-likeness (QED) is 0.634. The van der Waals surface area contributed by atoms with Crippen LogP contribution in [0.5, 0.6) is 0 Å². The van der Waals surface area contributed by atoms with E-state index in [0.29, 0.717) is 6.54 Å². The van der Waals surface area contributed by atoms with E-state index >= 15 is 0 Å². The summed E-state index contributed by atoms with van der Waals surface area (Å²) in [5, 5.41) is 0. The Bertz CT molecular complexity index is 1060. The normalized spacial score (nSPS) is 11.8. The lowest BCUT2D eigenvalue weighted by Crippen LogP contribution is -2.39. The maximum atomic E-state index is 13.1. The van der Waals surface area contributed by atoms with Crippen molar-refractivity contribution in [3.63, 3.8) is 0 Å². The van der Waals surface area contributed by atoms with Crippen molar-refractivity contribution in [1.82, 2.24) is 19.4 Å². The third-order valence-corrected chi connectivity index (χ3v) is 4.94. The van der Waals surface area contributed by atoms with Crippen molar-refractivity contribution in [3.8, 4) is 0 Å². The fraction of sp³-hybridized carbons (Fsp3) is 0.200. The van der Waals surface area contributed by atoms with Crippen molar-refractivity contribution in [3.05, 3.63) is 97.5 Å². The molecule has 0 fully saturated rings. The lowest BCUT2D eigenvalue weighted by Gasteiger charge is -2.29. The molecule has 0 bridgehead atoms. The SMILES string of the molecule is CC(c1ccccn1)N(Cc1ccccc1)C(=O)Cn1cc(Br)c(=O)[nH]c1=O. The van der Waals surface area contributed by atoms with Gasteiger partial charge >= 0.3 is 5.69 Å². The number of rotatable bonds is 6. The Morgan fingerprint density at radius 3 is 2.57 bits per heavy atom. The Labute approximate surface area is 169 Å². The Hall–Kier alpha value is -3.00. The third-order valence-electron chi connectivity index (χ3n) is 4.37. The maximum absolute atomic E-state index is 13.1. The summed E-state index contributed by atoms with van der Waals surface area (Å²) in [5.41, 5.74) is 0.554. The molecule has 0 saturated carbocycles. The number of hydrogen-bond acceptors (Lipinski definition) is 4. The van der Waals surface area contributed by atoms with Crippen LogP contribution in [0.25, 0.3) is 0 Å². The van der Waals surface area contributed by atoms with E-state index in [1.165, 1.54) is 10.8 Å². The van der Waals surface area contributed by atoms with Crippen molar-refractivity contribution in [2.45, 2.75) is 26.1 Å². The molecule has 1 aromatic carbocycles. The molecular formula is C20H19BrN4O3. The third kappa shape index (κ3) is 4.64. The number of nitrogens with one attached hydrogen (secondary N) is 1. The number of carbonyl (C=O) groups excluding carboxylic acids is 1. The number of benzene rings is 1. The molecule has 144 valence electrons. The molecule has 1 N–H and O–H groups in total. The minimum absolute atomic E-state index is 0.187. The van der Waals surface area contributed by atoms with Crippen molar-refractivity contribution in [2.75, 3.05) is 0 Å². The number of nitrogens with zero attached hydrogens (tertiary/aromatic N) is 3. The van der Waals surface area contributed by atoms with Gasteiger partial charge in [0.25, 0.3) is 5.56 Å². The fourth-order valence-corrected chi connectivity index (χ4v) is 3.19. The van der Waals surface area contributed by atoms with Crippen LogP contribution in [0, 0.1) is 0 Å². The van der Waals surface area contributed by atoms with E-state index in [2.05, 4.69) is 25.9 Å². The molecular weight excluding hydrogens is 424 g/mol. The predicted octanol–water partition coefficient (Wildman–Crippen LogP) is 2.48. The zero-order valence-corrected chi connectivity index (χ0v) is 16.8. The highest BCUT2D eigenvalue weighted by atomic mass is 79.9. The lowest BCUT2D eigenvalue weighted by atomic mass is 10.1. The molecule has 0 aliphatic carbocycles. The minimum Gasteiger partial charge on any atom is -0.328 e. The molecule has 1 unspecified atom stereocenters. The average Bonchev–Trinajstić information content (AvgIpc) is 2.71. The number of aromatic nitrogens is 3. The topological polar surface area (TPSA) is 88.1 Å². The molecule has 28 heavy (non-hydrogen) atoms. The van der Waals surface area contributed by atoms with E-state index < -0.39 is 11.2 Å². The van der Waals surface area contributed by atoms with Crippen LogP contribution in [0.3, 0.4) is 0 Å². The molecule has 1 atom stereocenters. The summed E-state index contributed by atoms with van der Waals surface area (Å²) in [7, 11) is 0. The standard InChI is InChI=1S/C20H19BrN4O3/c1-14(17-9-5-6-10-22-17)25(11-15-7-3-2-4-8-15)18(26)13-24-12-16(21)19(27)23-20(24)28/h2-10,12,14H,11,13H2,1H3,(H,23,27,28). The molecule has 7 nitrogen and oxygen atoms in total. The number of carbonyl (C=O) groups is 1. The number of hydrogen-bond donors (Lipinski definition) is 1. The molecule has 2 heterocycles. The van der Waals surface area contributed by atoms with Crippen LogP contribution >= 0.6 is 15.9 Å². The van der Waals surface area contributed by atoms with Crippen molar-refractivity contribution in [1.29, 1.82) is 0 Å². The van der Waals surface area contributed by atoms with Gasteiger partial charge in [0.2, 0.25) is 5.91 Å². The second-order valence-electron chi connectivity index (χ2n) is 6.30. The van der Waals surface area contributed by atoms with Crippen LogP contribution in [0.4, 0.5) is 0 Å². The van der Waals surface area contributed by atoms with Gasteiger partial charge in [-0.3, -0.25) is 24.1 Å². The number of H-pyrrole nitrogens is 1. The van der Waals surface area contributed by atoms with Crippen molar-refractivity contribution < 1.29 is 4.79 Å². The van der Waals surface area contributed by atoms with Gasteiger partial charge in [-0.15, -0.1) is 0 Å². The number of halogens is 1. The van der Waals surface area contributed by atoms with Crippen LogP contribution in [0.1, 0.15) is 24.2 Å². The van der Waals surface area contributed by atoms with E-state index in [9.17, 15) is 14.4 Å². The Morgan fingerprint density at radius 1 is 1.18 bits per heavy atom. The van der Waals surface area contributed by atoms with Gasteiger partial charge in [-0.05, 0) is 40.5 Å². The fourth-order valence-electron chi connectivity index (χ4n) is 2.84. The van der Waals surface area contributed by atoms with E-state index in [0.717, 1.165) is 11.3 Å². The van der Waals surface area contributed by atoms with Crippen LogP contribution in [0.2, 0.25) is 0 Å². The highest BCUT2D eigenvalue weighted by Gasteiger charge is 2.23. The second kappa shape index (κ2) is 8.79. The predicted molar refractivity (Wildman–Crippen MR) is 109 cm³/mol. The first kappa shape index (κ1) is 19.8. The Morgan fingerprint density at radius 2 is 1.89 bits per heavy atom. The highest BCUT2D eigenvalue weighted by molar-refractivity contribution is 9.10. The molecule has 0 saturated heterocycles. The molecule has 0 aliphatic rings. The van der Waals surface area contributed by atoms with Gasteiger partial charge in [0, 0.05) is 18.9 Å². The molecule has 2 aromatic heterocycles. The molecule has 0 spiro atoms. The first-order chi connectivity index (χ1) is 13.5. The summed E-state index contributed by atoms with van der Waals surface area (Å²) in [5.74, 6) is -0.261. The number of pyridine rings is 1. The van der Waals surface area contributed by atoms with Gasteiger partial charge in [-0.25, -0.2) is 4.79 Å². The Balaban J connectivity index is 1.91. The molecule has 3 aromatic rings. The second-order valence-corrected chi connectivity index (χ2v) is 7.16. The van der Waals surface area contributed by atoms with Gasteiger partial charge in [-0.1, -0.05) is 36.4 Å². The van der Waals surface area contributed by atoms with Crippen LogP contribution < -0.4 is 11.2 Å². The average molecular weight is 443 g/mol. The van der Waals surface area contributed by atoms with Gasteiger partial charge in [0.1, 0.15) is 6.54 Å². The van der Waals surface area contributed by atoms with Crippen molar-refractivity contribution >= 4 is 21.8 Å². The van der Waals surface area contributed by atoms with E-state index in [1.807, 2.05) is 55.5 Å². The van der Waals surface area contributed by atoms with Gasteiger partial charge < -0.3 is 4.90 Å². The zero-order valence-electron chi connectivity index (χ0n) is 15.2. The van der Waals surface area contributed by atoms with E-state index in [-0.39, 0.29) is 23.0 Å². The van der Waals surface area contributed by atoms with Crippen molar-refractivity contribution in [2.24, 2.45) is 0 Å². The molecule has 8 heteroatoms. The minimum atomic E-state index is -0.633. The summed E-state index contributed by atoms with van der Waals surface area (Å²) >= 11 is 3.09. The van der Waals surface area contributed by atoms with Gasteiger partial charge in [0.15, 0.2) is 0 Å². The lowest BCUT2D eigenvalue weighted by molar-refractivity contribution is -0.134. The van der Waals surface area contributed by atoms with Crippen LogP contribution in [-0.2, 0) is 17.9 Å². The van der Waals surface area contributed by atoms with Gasteiger partial charge in [0.05, 0.1) is 16.2 Å². The first-order valence-corrected chi connectivity index (χ1v) is 9.48. The largest absolute Gasteiger partial charge is 0.328 e. The summed E-state index contributed by atoms with van der Waals surface area (Å²) in [6.45, 7) is 2.07. The number of aromatic amines is 1. The molecule has 1 amide bonds. The first-order valence-electron chi connectivity index (χ1n) is 8.69. The van der Waals surface area contributed by atoms with Crippen LogP contribution in [-0.4, -0.2) is 25.3 Å². The molecule has 3 rings (SSSR count). The molecule has 0 radical (unpaired) electrons. The summed E-state index contributed by atoms with van der Waals surface area (Å²) < 4.78 is 1.36. The number of amides is 1. The smallest absolute Gasteiger partial charge is 0.328 e. The summed E-state index contributed by atoms with van der Waals surface area (Å²) in [4.78, 5) is 44.9. The highest BCUT2D eigenvalue weighted by Crippen LogP contribution is 2.21. The monoisotopic (exact) mass is 442 g/mol. The summed E-state index contributed by atoms with van der Waals surface area (Å²) in [6.07, 6.45) is 3.01. The molecule has 0 aliphatic heterocycles. The van der Waals surface area contributed by atoms with E-state index in [4.69, 9.17) is 0 Å². The maximum Gasteiger partial charge on any atom is 0.328 e.